The summed E-state index contributed by atoms with van der Waals surface area (Å²) in [5, 5.41) is 0.0660. The largest absolute Gasteiger partial charge is 0.517 e. The third-order valence-corrected chi connectivity index (χ3v) is 12.6. The fraction of sp³-hybridized carbons (Fsp3) is 0.909. The smallest absolute Gasteiger partial charge is 0.309 e. The third kappa shape index (κ3) is 5.60. The van der Waals surface area contributed by atoms with Crippen molar-refractivity contribution in [3.8, 4) is 0 Å². The zero-order valence-corrected chi connectivity index (χ0v) is 15.2. The topological polar surface area (TPSA) is 26.3 Å². The van der Waals surface area contributed by atoms with Crippen LogP contribution in [-0.4, -0.2) is 26.9 Å². The van der Waals surface area contributed by atoms with Gasteiger partial charge >= 0.3 is 5.71 Å². The van der Waals surface area contributed by atoms with E-state index in [0.717, 1.165) is 0 Å². The second-order valence-electron chi connectivity index (χ2n) is 7.16. The molecular formula is C11H27O2PSi2. The second-order valence-corrected chi connectivity index (χ2v) is 23.7. The number of carbonyl (C=O) groups excluding carboxylic acids is 1. The molecule has 0 radical (unpaired) electrons. The van der Waals surface area contributed by atoms with E-state index in [1.165, 1.54) is 0 Å². The van der Waals surface area contributed by atoms with Gasteiger partial charge in [-0.1, -0.05) is 40.4 Å². The van der Waals surface area contributed by atoms with Crippen molar-refractivity contribution in [2.45, 2.75) is 65.2 Å². The quantitative estimate of drug-likeness (QED) is 0.532. The summed E-state index contributed by atoms with van der Waals surface area (Å²) in [7, 11) is -3.88. The molecule has 0 fully saturated rings. The number of hydrogen-bond donors (Lipinski definition) is 0. The third-order valence-electron chi connectivity index (χ3n) is 1.92. The average molecular weight is 278 g/mol. The summed E-state index contributed by atoms with van der Waals surface area (Å²) in [5.41, 5.74) is 0.0980. The lowest BCUT2D eigenvalue weighted by molar-refractivity contribution is 0.224. The van der Waals surface area contributed by atoms with Crippen LogP contribution in [0, 0.1) is 0 Å². The fourth-order valence-corrected chi connectivity index (χ4v) is 14.8. The van der Waals surface area contributed by atoms with E-state index >= 15 is 0 Å². The first-order chi connectivity index (χ1) is 6.75. The van der Waals surface area contributed by atoms with Crippen LogP contribution in [0.25, 0.3) is 0 Å². The summed E-state index contributed by atoms with van der Waals surface area (Å²) in [6.45, 7) is 19.6. The maximum atomic E-state index is 12.3. The van der Waals surface area contributed by atoms with Crippen molar-refractivity contribution >= 4 is 29.2 Å². The molecule has 0 aliphatic heterocycles. The van der Waals surface area contributed by atoms with E-state index in [0.29, 0.717) is 0 Å². The highest BCUT2D eigenvalue weighted by atomic mass is 31.4. The lowest BCUT2D eigenvalue weighted by Crippen LogP contribution is -2.37. The molecule has 0 aromatic rings. The number of hydrogen-bond acceptors (Lipinski definition) is 2. The van der Waals surface area contributed by atoms with Gasteiger partial charge in [0.15, 0.2) is 0 Å². The molecular weight excluding hydrogens is 251 g/mol. The second kappa shape index (κ2) is 4.91. The molecule has 0 N–H and O–H groups in total. The molecule has 0 saturated carbocycles. The fourth-order valence-electron chi connectivity index (χ4n) is 1.86. The van der Waals surface area contributed by atoms with Crippen LogP contribution in [0.5, 0.6) is 0 Å². The van der Waals surface area contributed by atoms with E-state index in [2.05, 4.69) is 60.1 Å². The molecule has 0 saturated heterocycles. The van der Waals surface area contributed by atoms with E-state index in [9.17, 15) is 4.79 Å². The van der Waals surface area contributed by atoms with E-state index < -0.39 is 23.5 Å². The van der Waals surface area contributed by atoms with Crippen LogP contribution in [0.15, 0.2) is 0 Å². The predicted octanol–water partition coefficient (Wildman–Crippen LogP) is 5.07. The summed E-state index contributed by atoms with van der Waals surface area (Å²) in [4.78, 5) is 12.3. The van der Waals surface area contributed by atoms with E-state index in [4.69, 9.17) is 4.43 Å². The predicted molar refractivity (Wildman–Crippen MR) is 79.8 cm³/mol. The SMILES string of the molecule is CC(C)(C)P(C(=O)O[Si](C)(C)C)[Si](C)(C)C. The summed E-state index contributed by atoms with van der Waals surface area (Å²) in [5.74, 6) is 0. The van der Waals surface area contributed by atoms with Crippen molar-refractivity contribution in [3.05, 3.63) is 0 Å². The molecule has 0 aliphatic rings. The Morgan fingerprint density at radius 3 is 1.56 bits per heavy atom. The highest BCUT2D eigenvalue weighted by Gasteiger charge is 2.43. The molecule has 0 aliphatic carbocycles. The van der Waals surface area contributed by atoms with Gasteiger partial charge in [-0.05, 0) is 32.3 Å². The zero-order valence-electron chi connectivity index (χ0n) is 12.3. The standard InChI is InChI=1S/C11H27O2PSi2/c1-11(2,3)14(16(7,8)9)10(12)13-15(4,5)6/h1-9H3. The minimum atomic E-state index is -1.75. The Morgan fingerprint density at radius 1 is 1.00 bits per heavy atom. The average Bonchev–Trinajstić information content (AvgIpc) is 1.70. The Balaban J connectivity index is 5.03. The first-order valence-electron chi connectivity index (χ1n) is 5.78. The summed E-state index contributed by atoms with van der Waals surface area (Å²) >= 11 is 0. The Labute approximate surface area is 104 Å². The molecule has 5 heteroatoms. The zero-order chi connectivity index (χ0) is 13.4. The molecule has 96 valence electrons. The van der Waals surface area contributed by atoms with Crippen LogP contribution >= 0.6 is 7.47 Å². The highest BCUT2D eigenvalue weighted by molar-refractivity contribution is 8.06. The van der Waals surface area contributed by atoms with Crippen LogP contribution in [0.2, 0.25) is 39.3 Å². The molecule has 1 atom stereocenters. The van der Waals surface area contributed by atoms with Gasteiger partial charge in [-0.3, -0.25) is 0 Å². The van der Waals surface area contributed by atoms with Crippen molar-refractivity contribution in [2.75, 3.05) is 0 Å². The Morgan fingerprint density at radius 2 is 1.38 bits per heavy atom. The molecule has 1 unspecified atom stereocenters. The van der Waals surface area contributed by atoms with Gasteiger partial charge in [-0.2, -0.15) is 0 Å². The first kappa shape index (κ1) is 16.3. The van der Waals surface area contributed by atoms with Gasteiger partial charge in [-0.15, -0.1) is 0 Å². The molecule has 0 rings (SSSR count). The molecule has 0 amide bonds. The Bertz CT molecular complexity index is 245. The summed E-state index contributed by atoms with van der Waals surface area (Å²) in [6.07, 6.45) is 0. The molecule has 0 aromatic carbocycles. The van der Waals surface area contributed by atoms with Gasteiger partial charge in [0, 0.05) is 0 Å². The van der Waals surface area contributed by atoms with Gasteiger partial charge in [0.25, 0.3) is 0 Å². The van der Waals surface area contributed by atoms with E-state index in [1.54, 1.807) is 0 Å². The number of rotatable bonds is 3. The van der Waals surface area contributed by atoms with Crippen LogP contribution in [-0.2, 0) is 4.43 Å². The van der Waals surface area contributed by atoms with Crippen molar-refractivity contribution in [3.63, 3.8) is 0 Å². The monoisotopic (exact) mass is 278 g/mol. The minimum absolute atomic E-state index is 0.0660. The van der Waals surface area contributed by atoms with Crippen molar-refractivity contribution in [2.24, 2.45) is 0 Å². The minimum Gasteiger partial charge on any atom is -0.517 e. The van der Waals surface area contributed by atoms with Gasteiger partial charge in [0.1, 0.15) is 0 Å². The molecule has 0 heterocycles. The molecule has 16 heavy (non-hydrogen) atoms. The maximum Gasteiger partial charge on any atom is 0.309 e. The highest BCUT2D eigenvalue weighted by Crippen LogP contribution is 2.58. The molecule has 0 spiro atoms. The lowest BCUT2D eigenvalue weighted by Gasteiger charge is -2.39. The van der Waals surface area contributed by atoms with Crippen LogP contribution in [0.4, 0.5) is 4.79 Å². The lowest BCUT2D eigenvalue weighted by atomic mass is 10.3. The van der Waals surface area contributed by atoms with Gasteiger partial charge in [-0.25, -0.2) is 4.79 Å². The van der Waals surface area contributed by atoms with E-state index in [-0.39, 0.29) is 10.9 Å². The Hall–Kier alpha value is 0.334. The molecule has 2 nitrogen and oxygen atoms in total. The van der Waals surface area contributed by atoms with Crippen LogP contribution in [0.3, 0.4) is 0 Å². The molecule has 0 bridgehead atoms. The van der Waals surface area contributed by atoms with Crippen LogP contribution in [0.1, 0.15) is 20.8 Å². The van der Waals surface area contributed by atoms with E-state index in [1.807, 2.05) is 0 Å². The van der Waals surface area contributed by atoms with Gasteiger partial charge in [0.05, 0.1) is 7.74 Å². The van der Waals surface area contributed by atoms with Gasteiger partial charge in [0.2, 0.25) is 8.32 Å². The first-order valence-corrected chi connectivity index (χ1v) is 14.9. The maximum absolute atomic E-state index is 12.3. The van der Waals surface area contributed by atoms with Crippen LogP contribution < -0.4 is 0 Å². The normalized spacial score (nSPS) is 15.8. The Kier molecular flexibility index (Phi) is 5.01. The van der Waals surface area contributed by atoms with Crippen molar-refractivity contribution in [1.82, 2.24) is 0 Å². The number of carbonyl (C=O) groups is 1. The molecule has 0 aromatic heterocycles. The van der Waals surface area contributed by atoms with Crippen molar-refractivity contribution < 1.29 is 9.22 Å². The summed E-state index contributed by atoms with van der Waals surface area (Å²) in [6, 6.07) is 0. The van der Waals surface area contributed by atoms with Gasteiger partial charge < -0.3 is 4.43 Å². The summed E-state index contributed by atoms with van der Waals surface area (Å²) < 4.78 is 5.72. The van der Waals surface area contributed by atoms with Crippen molar-refractivity contribution in [1.29, 1.82) is 0 Å².